The fourth-order valence-corrected chi connectivity index (χ4v) is 2.74. The molecule has 0 aliphatic carbocycles. The number of rotatable bonds is 9. The first-order valence-electron chi connectivity index (χ1n) is 6.60. The summed E-state index contributed by atoms with van der Waals surface area (Å²) >= 11 is 1.82. The van der Waals surface area contributed by atoms with Gasteiger partial charge in [-0.25, -0.2) is 0 Å². The number of hydrogen-bond acceptors (Lipinski definition) is 4. The molecule has 0 bridgehead atoms. The van der Waals surface area contributed by atoms with Crippen molar-refractivity contribution in [3.63, 3.8) is 0 Å². The molecule has 1 aromatic rings. The minimum absolute atomic E-state index is 0.447. The SMILES string of the molecule is CC(C)C(NCCOCCN(C)C)c1cccs1. The normalized spacial score (nSPS) is 13.4. The van der Waals surface area contributed by atoms with Crippen LogP contribution in [0.2, 0.25) is 0 Å². The van der Waals surface area contributed by atoms with Gasteiger partial charge in [-0.1, -0.05) is 19.9 Å². The highest BCUT2D eigenvalue weighted by Gasteiger charge is 2.15. The predicted molar refractivity (Wildman–Crippen MR) is 79.3 cm³/mol. The molecule has 0 aromatic carbocycles. The van der Waals surface area contributed by atoms with E-state index in [1.54, 1.807) is 0 Å². The van der Waals surface area contributed by atoms with Crippen molar-refractivity contribution < 1.29 is 4.74 Å². The maximum atomic E-state index is 5.59. The van der Waals surface area contributed by atoms with Crippen LogP contribution in [0.5, 0.6) is 0 Å². The zero-order valence-corrected chi connectivity index (χ0v) is 12.8. The maximum absolute atomic E-state index is 5.59. The van der Waals surface area contributed by atoms with Gasteiger partial charge in [-0.3, -0.25) is 0 Å². The highest BCUT2D eigenvalue weighted by molar-refractivity contribution is 7.10. The monoisotopic (exact) mass is 270 g/mol. The molecule has 0 radical (unpaired) electrons. The minimum Gasteiger partial charge on any atom is -0.379 e. The van der Waals surface area contributed by atoms with Crippen molar-refractivity contribution in [2.45, 2.75) is 19.9 Å². The average Bonchev–Trinajstić information content (AvgIpc) is 2.80. The van der Waals surface area contributed by atoms with Gasteiger partial charge < -0.3 is 15.0 Å². The molecule has 1 rings (SSSR count). The Bertz CT molecular complexity index is 299. The van der Waals surface area contributed by atoms with E-state index in [9.17, 15) is 0 Å². The fraction of sp³-hybridized carbons (Fsp3) is 0.714. The van der Waals surface area contributed by atoms with Crippen LogP contribution in [0.1, 0.15) is 24.8 Å². The molecule has 4 heteroatoms. The summed E-state index contributed by atoms with van der Waals surface area (Å²) in [4.78, 5) is 3.55. The van der Waals surface area contributed by atoms with Gasteiger partial charge in [0, 0.05) is 24.0 Å². The van der Waals surface area contributed by atoms with Gasteiger partial charge in [0.25, 0.3) is 0 Å². The second-order valence-corrected chi connectivity index (χ2v) is 6.09. The molecule has 1 aromatic heterocycles. The van der Waals surface area contributed by atoms with E-state index in [2.05, 4.69) is 55.7 Å². The quantitative estimate of drug-likeness (QED) is 0.698. The molecule has 0 saturated carbocycles. The molecule has 1 N–H and O–H groups in total. The van der Waals surface area contributed by atoms with Gasteiger partial charge >= 0.3 is 0 Å². The van der Waals surface area contributed by atoms with Gasteiger partial charge in [-0.2, -0.15) is 0 Å². The van der Waals surface area contributed by atoms with Crippen molar-refractivity contribution in [1.82, 2.24) is 10.2 Å². The lowest BCUT2D eigenvalue weighted by Gasteiger charge is -2.21. The van der Waals surface area contributed by atoms with Crippen LogP contribution in [0.25, 0.3) is 0 Å². The molecule has 0 aliphatic heterocycles. The molecule has 0 saturated heterocycles. The molecular weight excluding hydrogens is 244 g/mol. The minimum atomic E-state index is 0.447. The third-order valence-electron chi connectivity index (χ3n) is 2.81. The summed E-state index contributed by atoms with van der Waals surface area (Å²) in [7, 11) is 4.13. The molecule has 0 aliphatic rings. The van der Waals surface area contributed by atoms with E-state index >= 15 is 0 Å². The van der Waals surface area contributed by atoms with Crippen LogP contribution >= 0.6 is 11.3 Å². The summed E-state index contributed by atoms with van der Waals surface area (Å²) in [6.45, 7) is 7.99. The maximum Gasteiger partial charge on any atom is 0.0593 e. The molecule has 104 valence electrons. The summed E-state index contributed by atoms with van der Waals surface area (Å²) in [6, 6.07) is 4.77. The van der Waals surface area contributed by atoms with Gasteiger partial charge in [0.1, 0.15) is 0 Å². The van der Waals surface area contributed by atoms with Gasteiger partial charge in [0.15, 0.2) is 0 Å². The first kappa shape index (κ1) is 15.6. The summed E-state index contributed by atoms with van der Waals surface area (Å²) in [5.74, 6) is 0.602. The van der Waals surface area contributed by atoms with Crippen LogP contribution in [0, 0.1) is 5.92 Å². The Hall–Kier alpha value is -0.420. The number of hydrogen-bond donors (Lipinski definition) is 1. The van der Waals surface area contributed by atoms with Gasteiger partial charge in [-0.05, 0) is 31.5 Å². The summed E-state index contributed by atoms with van der Waals surface area (Å²) in [5.41, 5.74) is 0. The molecule has 1 atom stereocenters. The standard InChI is InChI=1S/C14H26N2OS/c1-12(2)14(13-6-5-11-18-13)15-7-9-17-10-8-16(3)4/h5-6,11-12,14-15H,7-10H2,1-4H3. The first-order chi connectivity index (χ1) is 8.61. The predicted octanol–water partition coefficient (Wildman–Crippen LogP) is 2.61. The number of likely N-dealkylation sites (N-methyl/N-ethyl adjacent to an activating group) is 1. The summed E-state index contributed by atoms with van der Waals surface area (Å²) in [5, 5.41) is 5.72. The van der Waals surface area contributed by atoms with Crippen LogP contribution in [0.15, 0.2) is 17.5 Å². The lowest BCUT2D eigenvalue weighted by atomic mass is 10.0. The molecular formula is C14H26N2OS. The van der Waals surface area contributed by atoms with Gasteiger partial charge in [-0.15, -0.1) is 11.3 Å². The van der Waals surface area contributed by atoms with Crippen LogP contribution < -0.4 is 5.32 Å². The van der Waals surface area contributed by atoms with Crippen LogP contribution in [-0.2, 0) is 4.74 Å². The molecule has 18 heavy (non-hydrogen) atoms. The smallest absolute Gasteiger partial charge is 0.0593 e. The highest BCUT2D eigenvalue weighted by Crippen LogP contribution is 2.25. The Morgan fingerprint density at radius 3 is 2.67 bits per heavy atom. The molecule has 0 spiro atoms. The van der Waals surface area contributed by atoms with E-state index in [-0.39, 0.29) is 0 Å². The van der Waals surface area contributed by atoms with Crippen molar-refractivity contribution in [2.75, 3.05) is 40.4 Å². The Morgan fingerprint density at radius 2 is 2.11 bits per heavy atom. The Morgan fingerprint density at radius 1 is 1.33 bits per heavy atom. The molecule has 0 amide bonds. The van der Waals surface area contributed by atoms with Crippen molar-refractivity contribution in [1.29, 1.82) is 0 Å². The zero-order valence-electron chi connectivity index (χ0n) is 12.0. The number of nitrogens with zero attached hydrogens (tertiary/aromatic N) is 1. The van der Waals surface area contributed by atoms with Crippen LogP contribution in [0.3, 0.4) is 0 Å². The van der Waals surface area contributed by atoms with Gasteiger partial charge in [0.2, 0.25) is 0 Å². The second-order valence-electron chi connectivity index (χ2n) is 5.11. The average molecular weight is 270 g/mol. The van der Waals surface area contributed by atoms with Crippen molar-refractivity contribution >= 4 is 11.3 Å². The third kappa shape index (κ3) is 5.96. The number of nitrogens with one attached hydrogen (secondary N) is 1. The van der Waals surface area contributed by atoms with Crippen molar-refractivity contribution in [3.05, 3.63) is 22.4 Å². The third-order valence-corrected chi connectivity index (χ3v) is 3.77. The lowest BCUT2D eigenvalue weighted by molar-refractivity contribution is 0.116. The lowest BCUT2D eigenvalue weighted by Crippen LogP contribution is -2.29. The largest absolute Gasteiger partial charge is 0.379 e. The molecule has 0 fully saturated rings. The second kappa shape index (κ2) is 8.64. The summed E-state index contributed by atoms with van der Waals surface area (Å²) in [6.07, 6.45) is 0. The van der Waals surface area contributed by atoms with E-state index in [4.69, 9.17) is 4.74 Å². The van der Waals surface area contributed by atoms with E-state index < -0.39 is 0 Å². The molecule has 1 heterocycles. The molecule has 1 unspecified atom stereocenters. The Balaban J connectivity index is 2.19. The van der Waals surface area contributed by atoms with Crippen LogP contribution in [0.4, 0.5) is 0 Å². The number of ether oxygens (including phenoxy) is 1. The Kier molecular flexibility index (Phi) is 7.51. The topological polar surface area (TPSA) is 24.5 Å². The zero-order chi connectivity index (χ0) is 13.4. The van der Waals surface area contributed by atoms with Crippen molar-refractivity contribution in [3.8, 4) is 0 Å². The van der Waals surface area contributed by atoms with Gasteiger partial charge in [0.05, 0.1) is 13.2 Å². The Labute approximate surface area is 115 Å². The van der Waals surface area contributed by atoms with E-state index in [1.165, 1.54) is 4.88 Å². The van der Waals surface area contributed by atoms with Crippen molar-refractivity contribution in [2.24, 2.45) is 5.92 Å². The van der Waals surface area contributed by atoms with E-state index in [0.717, 1.165) is 26.3 Å². The first-order valence-corrected chi connectivity index (χ1v) is 7.48. The summed E-state index contributed by atoms with van der Waals surface area (Å²) < 4.78 is 5.59. The highest BCUT2D eigenvalue weighted by atomic mass is 32.1. The van der Waals surface area contributed by atoms with E-state index in [0.29, 0.717) is 12.0 Å². The molecule has 3 nitrogen and oxygen atoms in total. The number of thiophene rings is 1. The fourth-order valence-electron chi connectivity index (χ4n) is 1.77. The van der Waals surface area contributed by atoms with E-state index in [1.807, 2.05) is 11.3 Å². The van der Waals surface area contributed by atoms with Crippen LogP contribution in [-0.4, -0.2) is 45.3 Å².